The lowest BCUT2D eigenvalue weighted by Crippen LogP contribution is -2.08. The zero-order valence-electron chi connectivity index (χ0n) is 8.00. The second kappa shape index (κ2) is 3.18. The smallest absolute Gasteiger partial charge is 0.255 e. The Hall–Kier alpha value is -1.77. The van der Waals surface area contributed by atoms with Crippen molar-refractivity contribution in [1.29, 1.82) is 0 Å². The monoisotopic (exact) mass is 188 g/mol. The fourth-order valence-electron chi connectivity index (χ4n) is 1.70. The molecule has 3 nitrogen and oxygen atoms in total. The van der Waals surface area contributed by atoms with Gasteiger partial charge in [0.05, 0.1) is 0 Å². The minimum Gasteiger partial charge on any atom is -0.398 e. The molecule has 0 aliphatic heterocycles. The first kappa shape index (κ1) is 8.81. The van der Waals surface area contributed by atoms with Crippen LogP contribution in [0.5, 0.6) is 0 Å². The number of nitrogen functional groups attached to an aromatic ring is 1. The van der Waals surface area contributed by atoms with Crippen LogP contribution in [0, 0.1) is 0 Å². The molecule has 0 saturated carbocycles. The first-order valence-electron chi connectivity index (χ1n) is 4.62. The summed E-state index contributed by atoms with van der Waals surface area (Å²) in [6.07, 6.45) is 2.60. The molecule has 72 valence electrons. The van der Waals surface area contributed by atoms with Gasteiger partial charge in [-0.05, 0) is 24.1 Å². The first-order valence-corrected chi connectivity index (χ1v) is 4.62. The molecular weight excluding hydrogens is 176 g/mol. The molecule has 0 unspecified atom stereocenters. The molecule has 0 aliphatic carbocycles. The van der Waals surface area contributed by atoms with Crippen LogP contribution < -0.4 is 11.3 Å². The molecule has 14 heavy (non-hydrogen) atoms. The van der Waals surface area contributed by atoms with Crippen molar-refractivity contribution >= 4 is 16.5 Å². The van der Waals surface area contributed by atoms with Gasteiger partial charge in [-0.15, -0.1) is 0 Å². The minimum atomic E-state index is -0.0792. The van der Waals surface area contributed by atoms with Gasteiger partial charge < -0.3 is 10.7 Å². The summed E-state index contributed by atoms with van der Waals surface area (Å²) in [6, 6.07) is 5.41. The van der Waals surface area contributed by atoms with Crippen LogP contribution in [0.3, 0.4) is 0 Å². The highest BCUT2D eigenvalue weighted by molar-refractivity contribution is 5.94. The number of pyridine rings is 1. The Kier molecular flexibility index (Phi) is 2.00. The van der Waals surface area contributed by atoms with Crippen molar-refractivity contribution in [3.05, 3.63) is 40.3 Å². The maximum atomic E-state index is 11.5. The molecule has 0 amide bonds. The normalized spacial score (nSPS) is 10.6. The van der Waals surface area contributed by atoms with Crippen LogP contribution in [0.15, 0.2) is 29.2 Å². The number of H-pyrrole nitrogens is 1. The lowest BCUT2D eigenvalue weighted by Gasteiger charge is -2.05. The quantitative estimate of drug-likeness (QED) is 0.669. The molecule has 0 fully saturated rings. The van der Waals surface area contributed by atoms with E-state index in [1.165, 1.54) is 0 Å². The Morgan fingerprint density at radius 1 is 1.43 bits per heavy atom. The van der Waals surface area contributed by atoms with Gasteiger partial charge in [-0.1, -0.05) is 13.0 Å². The number of aromatic nitrogens is 1. The zero-order chi connectivity index (χ0) is 10.1. The average Bonchev–Trinajstić information content (AvgIpc) is 2.20. The topological polar surface area (TPSA) is 58.9 Å². The molecule has 3 N–H and O–H groups in total. The predicted molar refractivity (Wildman–Crippen MR) is 58.4 cm³/mol. The Bertz CT molecular complexity index is 528. The van der Waals surface area contributed by atoms with Crippen molar-refractivity contribution in [3.8, 4) is 0 Å². The minimum absolute atomic E-state index is 0.0792. The summed E-state index contributed by atoms with van der Waals surface area (Å²) < 4.78 is 0. The summed E-state index contributed by atoms with van der Waals surface area (Å²) in [5.74, 6) is 0. The number of hydrogen-bond acceptors (Lipinski definition) is 2. The zero-order valence-corrected chi connectivity index (χ0v) is 8.00. The summed E-state index contributed by atoms with van der Waals surface area (Å²) >= 11 is 0. The third-order valence-electron chi connectivity index (χ3n) is 2.42. The largest absolute Gasteiger partial charge is 0.398 e. The van der Waals surface area contributed by atoms with E-state index in [1.54, 1.807) is 18.3 Å². The number of rotatable bonds is 1. The van der Waals surface area contributed by atoms with E-state index in [4.69, 9.17) is 5.73 Å². The van der Waals surface area contributed by atoms with Gasteiger partial charge in [0.15, 0.2) is 0 Å². The van der Waals surface area contributed by atoms with Crippen molar-refractivity contribution in [3.63, 3.8) is 0 Å². The molecule has 1 aromatic heterocycles. The summed E-state index contributed by atoms with van der Waals surface area (Å²) in [7, 11) is 0. The molecule has 2 rings (SSSR count). The highest BCUT2D eigenvalue weighted by Crippen LogP contribution is 2.21. The number of aromatic amines is 1. The van der Waals surface area contributed by atoms with E-state index in [0.717, 1.165) is 17.4 Å². The van der Waals surface area contributed by atoms with Gasteiger partial charge in [-0.2, -0.15) is 0 Å². The number of anilines is 1. The Balaban J connectivity index is 3.00. The number of nitrogens with two attached hydrogens (primary N) is 1. The third-order valence-corrected chi connectivity index (χ3v) is 2.42. The van der Waals surface area contributed by atoms with Crippen LogP contribution in [-0.2, 0) is 6.42 Å². The molecule has 1 aromatic carbocycles. The molecule has 3 heteroatoms. The first-order chi connectivity index (χ1) is 6.74. The van der Waals surface area contributed by atoms with E-state index in [9.17, 15) is 4.79 Å². The van der Waals surface area contributed by atoms with Gasteiger partial charge in [0.2, 0.25) is 0 Å². The van der Waals surface area contributed by atoms with E-state index in [0.29, 0.717) is 11.1 Å². The molecule has 2 aromatic rings. The van der Waals surface area contributed by atoms with E-state index in [-0.39, 0.29) is 5.56 Å². The van der Waals surface area contributed by atoms with Crippen molar-refractivity contribution in [1.82, 2.24) is 4.98 Å². The van der Waals surface area contributed by atoms with Gasteiger partial charge in [0.1, 0.15) is 0 Å². The SMILES string of the molecule is CCc1c[nH]c(=O)c2cccc(N)c12. The highest BCUT2D eigenvalue weighted by atomic mass is 16.1. The van der Waals surface area contributed by atoms with Crippen LogP contribution in [0.4, 0.5) is 5.69 Å². The number of benzene rings is 1. The number of nitrogens with one attached hydrogen (secondary N) is 1. The van der Waals surface area contributed by atoms with Crippen LogP contribution in [0.1, 0.15) is 12.5 Å². The second-order valence-corrected chi connectivity index (χ2v) is 3.27. The lowest BCUT2D eigenvalue weighted by atomic mass is 10.0. The van der Waals surface area contributed by atoms with Gasteiger partial charge >= 0.3 is 0 Å². The third kappa shape index (κ3) is 1.18. The highest BCUT2D eigenvalue weighted by Gasteiger charge is 2.05. The van der Waals surface area contributed by atoms with Gasteiger partial charge in [-0.3, -0.25) is 4.79 Å². The van der Waals surface area contributed by atoms with E-state index in [1.807, 2.05) is 13.0 Å². The van der Waals surface area contributed by atoms with Crippen molar-refractivity contribution in [2.24, 2.45) is 0 Å². The lowest BCUT2D eigenvalue weighted by molar-refractivity contribution is 1.11. The van der Waals surface area contributed by atoms with E-state index < -0.39 is 0 Å². The maximum absolute atomic E-state index is 11.5. The summed E-state index contributed by atoms with van der Waals surface area (Å²) in [5.41, 5.74) is 7.52. The molecular formula is C11H12N2O. The number of hydrogen-bond donors (Lipinski definition) is 2. The molecule has 0 saturated heterocycles. The summed E-state index contributed by atoms with van der Waals surface area (Å²) in [6.45, 7) is 2.04. The van der Waals surface area contributed by atoms with Gasteiger partial charge in [0, 0.05) is 22.7 Å². The summed E-state index contributed by atoms with van der Waals surface area (Å²) in [4.78, 5) is 14.2. The van der Waals surface area contributed by atoms with E-state index >= 15 is 0 Å². The molecule has 0 bridgehead atoms. The van der Waals surface area contributed by atoms with Crippen molar-refractivity contribution in [2.45, 2.75) is 13.3 Å². The van der Waals surface area contributed by atoms with E-state index in [2.05, 4.69) is 4.98 Å². The second-order valence-electron chi connectivity index (χ2n) is 3.27. The average molecular weight is 188 g/mol. The standard InChI is InChI=1S/C11H12N2O/c1-2-7-6-13-11(14)8-4-3-5-9(12)10(7)8/h3-6H,2,12H2,1H3,(H,13,14). The van der Waals surface area contributed by atoms with Crippen LogP contribution in [-0.4, -0.2) is 4.98 Å². The fourth-order valence-corrected chi connectivity index (χ4v) is 1.70. The Morgan fingerprint density at radius 2 is 2.21 bits per heavy atom. The Morgan fingerprint density at radius 3 is 2.93 bits per heavy atom. The van der Waals surface area contributed by atoms with Crippen LogP contribution in [0.2, 0.25) is 0 Å². The van der Waals surface area contributed by atoms with Gasteiger partial charge in [0.25, 0.3) is 5.56 Å². The number of aryl methyl sites for hydroxylation is 1. The fraction of sp³-hybridized carbons (Fsp3) is 0.182. The molecule has 0 aliphatic rings. The molecule has 0 spiro atoms. The van der Waals surface area contributed by atoms with Crippen molar-refractivity contribution in [2.75, 3.05) is 5.73 Å². The Labute approximate surface area is 81.6 Å². The van der Waals surface area contributed by atoms with Crippen molar-refractivity contribution < 1.29 is 0 Å². The predicted octanol–water partition coefficient (Wildman–Crippen LogP) is 1.67. The maximum Gasteiger partial charge on any atom is 0.255 e. The van der Waals surface area contributed by atoms with Gasteiger partial charge in [-0.25, -0.2) is 0 Å². The van der Waals surface area contributed by atoms with Crippen LogP contribution in [0.25, 0.3) is 10.8 Å². The number of fused-ring (bicyclic) bond motifs is 1. The molecule has 0 atom stereocenters. The molecule has 1 heterocycles. The molecule has 0 radical (unpaired) electrons. The van der Waals surface area contributed by atoms with Crippen LogP contribution >= 0.6 is 0 Å². The summed E-state index contributed by atoms with van der Waals surface area (Å²) in [5, 5.41) is 1.56.